The first-order valence-corrected chi connectivity index (χ1v) is 7.22. The van der Waals surface area contributed by atoms with Crippen LogP contribution in [0.2, 0.25) is 0 Å². The van der Waals surface area contributed by atoms with Gasteiger partial charge in [0, 0.05) is 0 Å². The third-order valence-corrected chi connectivity index (χ3v) is 3.63. The van der Waals surface area contributed by atoms with E-state index in [-0.39, 0.29) is 0 Å². The maximum absolute atomic E-state index is 14.0. The number of alkyl halides is 6. The monoisotopic (exact) mass is 396 g/mol. The molecule has 3 rings (SSSR count). The van der Waals surface area contributed by atoms with Crippen LogP contribution in [-0.2, 0) is 0 Å². The summed E-state index contributed by atoms with van der Waals surface area (Å²) >= 11 is 0. The number of hydrogen-bond acceptors (Lipinski definition) is 2. The minimum absolute atomic E-state index is 0.597. The Labute approximate surface area is 146 Å². The second-order valence-electron chi connectivity index (χ2n) is 5.49. The molecule has 0 amide bonds. The molecule has 2 aromatic carbocycles. The Morgan fingerprint density at radius 3 is 1.11 bits per heavy atom. The Kier molecular flexibility index (Phi) is 4.32. The van der Waals surface area contributed by atoms with Gasteiger partial charge in [-0.3, -0.25) is 0 Å². The van der Waals surface area contributed by atoms with Crippen LogP contribution in [0.25, 0.3) is 0 Å². The molecule has 27 heavy (non-hydrogen) atoms. The molecule has 0 spiro atoms. The molecule has 10 heteroatoms. The van der Waals surface area contributed by atoms with Crippen LogP contribution in [-0.4, -0.2) is 17.8 Å². The van der Waals surface area contributed by atoms with Gasteiger partial charge in [-0.25, -0.2) is 8.78 Å². The van der Waals surface area contributed by atoms with Gasteiger partial charge in [0.25, 0.3) is 0 Å². The Balaban J connectivity index is 2.09. The Morgan fingerprint density at radius 1 is 0.519 bits per heavy atom. The van der Waals surface area contributed by atoms with E-state index in [0.717, 1.165) is 48.5 Å². The van der Waals surface area contributed by atoms with E-state index in [2.05, 4.69) is 9.47 Å². The summed E-state index contributed by atoms with van der Waals surface area (Å²) in [6.45, 7) is 0. The van der Waals surface area contributed by atoms with E-state index in [1.807, 2.05) is 0 Å². The van der Waals surface area contributed by atoms with E-state index in [9.17, 15) is 35.1 Å². The molecule has 0 aromatic heterocycles. The topological polar surface area (TPSA) is 18.5 Å². The fourth-order valence-corrected chi connectivity index (χ4v) is 2.23. The van der Waals surface area contributed by atoms with Gasteiger partial charge in [0.2, 0.25) is 11.5 Å². The number of hydrogen-bond donors (Lipinski definition) is 0. The van der Waals surface area contributed by atoms with Crippen LogP contribution in [0.1, 0.15) is 0 Å². The molecule has 0 saturated carbocycles. The van der Waals surface area contributed by atoms with Crippen LogP contribution in [0.4, 0.5) is 35.1 Å². The van der Waals surface area contributed by atoms with Crippen LogP contribution in [0.15, 0.2) is 60.0 Å². The van der Waals surface area contributed by atoms with Crippen molar-refractivity contribution < 1.29 is 44.6 Å². The zero-order valence-corrected chi connectivity index (χ0v) is 13.0. The van der Waals surface area contributed by atoms with Crippen molar-refractivity contribution in [3.05, 3.63) is 71.7 Å². The molecule has 0 radical (unpaired) electrons. The molecule has 1 aliphatic rings. The SMILES string of the molecule is Fc1ccc(OC2=C(Oc3ccc(F)cc3)C(F)(F)C(F)(F)C2(F)F)cc1. The molecule has 0 fully saturated rings. The molecule has 0 N–H and O–H groups in total. The van der Waals surface area contributed by atoms with Gasteiger partial charge in [-0.1, -0.05) is 0 Å². The van der Waals surface area contributed by atoms with Crippen LogP contribution < -0.4 is 9.47 Å². The minimum Gasteiger partial charge on any atom is -0.451 e. The summed E-state index contributed by atoms with van der Waals surface area (Å²) < 4.78 is 118. The highest BCUT2D eigenvalue weighted by Crippen LogP contribution is 2.59. The van der Waals surface area contributed by atoms with Gasteiger partial charge in [-0.05, 0) is 48.5 Å². The van der Waals surface area contributed by atoms with Crippen molar-refractivity contribution in [1.29, 1.82) is 0 Å². The van der Waals surface area contributed by atoms with Crippen LogP contribution >= 0.6 is 0 Å². The zero-order chi connectivity index (χ0) is 20.0. The lowest BCUT2D eigenvalue weighted by Crippen LogP contribution is -2.50. The Bertz CT molecular complexity index is 801. The summed E-state index contributed by atoms with van der Waals surface area (Å²) in [6, 6.07) is 6.12. The van der Waals surface area contributed by atoms with Crippen molar-refractivity contribution in [3.8, 4) is 11.5 Å². The van der Waals surface area contributed by atoms with Gasteiger partial charge in [0.1, 0.15) is 23.1 Å². The lowest BCUT2D eigenvalue weighted by Gasteiger charge is -2.24. The number of ether oxygens (including phenoxy) is 2. The standard InChI is InChI=1S/C17H8F8O2/c18-9-1-5-11(6-2-9)26-13-14(27-12-7-3-10(19)4-8-12)16(22,23)17(24,25)15(13,20)21/h1-8H. The largest absolute Gasteiger partial charge is 0.451 e. The van der Waals surface area contributed by atoms with Crippen molar-refractivity contribution >= 4 is 0 Å². The quantitative estimate of drug-likeness (QED) is 0.631. The summed E-state index contributed by atoms with van der Waals surface area (Å²) in [7, 11) is 0. The molecule has 0 aliphatic heterocycles. The molecule has 2 aromatic rings. The molecule has 0 heterocycles. The van der Waals surface area contributed by atoms with Crippen LogP contribution in [0.3, 0.4) is 0 Å². The average Bonchev–Trinajstić information content (AvgIpc) is 2.69. The fraction of sp³-hybridized carbons (Fsp3) is 0.176. The normalized spacial score (nSPS) is 19.9. The smallest absolute Gasteiger partial charge is 0.387 e. The minimum atomic E-state index is -5.86. The van der Waals surface area contributed by atoms with Crippen molar-refractivity contribution in [2.45, 2.75) is 17.8 Å². The number of rotatable bonds is 4. The highest BCUT2D eigenvalue weighted by atomic mass is 19.3. The van der Waals surface area contributed by atoms with Crippen LogP contribution in [0, 0.1) is 11.6 Å². The second-order valence-corrected chi connectivity index (χ2v) is 5.49. The first-order valence-electron chi connectivity index (χ1n) is 7.22. The summed E-state index contributed by atoms with van der Waals surface area (Å²) in [4.78, 5) is 0. The van der Waals surface area contributed by atoms with Crippen molar-refractivity contribution in [2.24, 2.45) is 0 Å². The Hall–Kier alpha value is -2.78. The van der Waals surface area contributed by atoms with Gasteiger partial charge in [0.05, 0.1) is 0 Å². The number of allylic oxidation sites excluding steroid dienone is 2. The van der Waals surface area contributed by atoms with Crippen molar-refractivity contribution in [3.63, 3.8) is 0 Å². The molecule has 0 atom stereocenters. The molecule has 0 unspecified atom stereocenters. The summed E-state index contributed by atoms with van der Waals surface area (Å²) in [5, 5.41) is 0. The molecule has 1 aliphatic carbocycles. The first-order chi connectivity index (χ1) is 12.5. The van der Waals surface area contributed by atoms with Gasteiger partial charge in [-0.15, -0.1) is 0 Å². The van der Waals surface area contributed by atoms with E-state index < -0.39 is 52.4 Å². The lowest BCUT2D eigenvalue weighted by atomic mass is 10.1. The van der Waals surface area contributed by atoms with E-state index in [0.29, 0.717) is 0 Å². The summed E-state index contributed by atoms with van der Waals surface area (Å²) in [5.41, 5.74) is 0. The van der Waals surface area contributed by atoms with Crippen molar-refractivity contribution in [1.82, 2.24) is 0 Å². The molecule has 2 nitrogen and oxygen atoms in total. The average molecular weight is 396 g/mol. The second kappa shape index (κ2) is 6.14. The molecule has 144 valence electrons. The van der Waals surface area contributed by atoms with Crippen LogP contribution in [0.5, 0.6) is 11.5 Å². The third-order valence-electron chi connectivity index (χ3n) is 3.63. The maximum Gasteiger partial charge on any atom is 0.387 e. The molecular formula is C17H8F8O2. The Morgan fingerprint density at radius 2 is 0.815 bits per heavy atom. The van der Waals surface area contributed by atoms with E-state index in [1.54, 1.807) is 0 Å². The highest BCUT2D eigenvalue weighted by molar-refractivity contribution is 5.40. The predicted octanol–water partition coefficient (Wildman–Crippen LogP) is 5.55. The maximum atomic E-state index is 14.0. The van der Waals surface area contributed by atoms with Gasteiger partial charge in [0.15, 0.2) is 0 Å². The lowest BCUT2D eigenvalue weighted by molar-refractivity contribution is -0.273. The van der Waals surface area contributed by atoms with E-state index in [4.69, 9.17) is 0 Å². The first kappa shape index (κ1) is 19.0. The number of benzene rings is 2. The molecule has 0 saturated heterocycles. The van der Waals surface area contributed by atoms with Crippen molar-refractivity contribution in [2.75, 3.05) is 0 Å². The van der Waals surface area contributed by atoms with E-state index in [1.165, 1.54) is 0 Å². The number of halogens is 8. The van der Waals surface area contributed by atoms with Gasteiger partial charge in [-0.2, -0.15) is 26.3 Å². The van der Waals surface area contributed by atoms with Gasteiger partial charge < -0.3 is 9.47 Å². The van der Waals surface area contributed by atoms with Gasteiger partial charge >= 0.3 is 17.8 Å². The highest BCUT2D eigenvalue weighted by Gasteiger charge is 2.83. The third kappa shape index (κ3) is 2.98. The van der Waals surface area contributed by atoms with E-state index >= 15 is 0 Å². The fourth-order valence-electron chi connectivity index (χ4n) is 2.23. The summed E-state index contributed by atoms with van der Waals surface area (Å²) in [5.74, 6) is -23.8. The summed E-state index contributed by atoms with van der Waals surface area (Å²) in [6.07, 6.45) is 0. The zero-order valence-electron chi connectivity index (χ0n) is 13.0. The predicted molar refractivity (Wildman–Crippen MR) is 75.9 cm³/mol. The molecule has 0 bridgehead atoms. The molecular weight excluding hydrogens is 388 g/mol.